The average Bonchev–Trinajstić information content (AvgIpc) is 2.23. The maximum atomic E-state index is 12.1. The van der Waals surface area contributed by atoms with E-state index >= 15 is 0 Å². The highest BCUT2D eigenvalue weighted by Gasteiger charge is 2.27. The van der Waals surface area contributed by atoms with Gasteiger partial charge < -0.3 is 4.90 Å². The normalized spacial score (nSPS) is 13.4. The minimum absolute atomic E-state index is 0.0420. The van der Waals surface area contributed by atoms with Crippen molar-refractivity contribution in [3.8, 4) is 0 Å². The summed E-state index contributed by atoms with van der Waals surface area (Å²) in [4.78, 5) is 25.4. The van der Waals surface area contributed by atoms with Gasteiger partial charge in [-0.3, -0.25) is 9.59 Å². The van der Waals surface area contributed by atoms with Crippen molar-refractivity contribution in [1.82, 2.24) is 4.90 Å². The van der Waals surface area contributed by atoms with Crippen molar-refractivity contribution in [3.63, 3.8) is 0 Å². The lowest BCUT2D eigenvalue weighted by atomic mass is 9.93. The number of Topliss-reactive ketones (excluding diaryl/α,β-unsaturated/α-hetero) is 1. The number of nitrogens with zero attached hydrogens (tertiary/aromatic N) is 1. The molecule has 0 aliphatic rings. The lowest BCUT2D eigenvalue weighted by Gasteiger charge is -2.29. The van der Waals surface area contributed by atoms with E-state index in [1.54, 1.807) is 24.9 Å². The molecule has 0 spiro atoms. The zero-order chi connectivity index (χ0) is 13.6. The first-order valence-electron chi connectivity index (χ1n) is 6.24. The van der Waals surface area contributed by atoms with Gasteiger partial charge >= 0.3 is 0 Å². The van der Waals surface area contributed by atoms with Gasteiger partial charge in [-0.05, 0) is 25.3 Å². The summed E-state index contributed by atoms with van der Waals surface area (Å²) in [7, 11) is 1.70. The number of ketones is 1. The van der Waals surface area contributed by atoms with E-state index < -0.39 is 0 Å². The van der Waals surface area contributed by atoms with Crippen molar-refractivity contribution in [2.45, 2.75) is 47.1 Å². The first-order chi connectivity index (χ1) is 7.81. The standard InChI is InChI=1S/C14H25NO2/c1-7-8-13(16)15(6)12(9-10(2)3)14(17)11(4)5/h7-8,10-12H,9H2,1-6H3/b8-7+/t12-/m1/s1. The Morgan fingerprint density at radius 3 is 2.06 bits per heavy atom. The lowest BCUT2D eigenvalue weighted by Crippen LogP contribution is -2.44. The van der Waals surface area contributed by atoms with Gasteiger partial charge in [-0.15, -0.1) is 0 Å². The number of hydrogen-bond donors (Lipinski definition) is 0. The van der Waals surface area contributed by atoms with E-state index in [0.29, 0.717) is 5.92 Å². The molecule has 0 aromatic carbocycles. The number of amides is 1. The van der Waals surface area contributed by atoms with Crippen LogP contribution >= 0.6 is 0 Å². The summed E-state index contributed by atoms with van der Waals surface area (Å²) in [6.45, 7) is 9.68. The molecular weight excluding hydrogens is 214 g/mol. The summed E-state index contributed by atoms with van der Waals surface area (Å²) in [5, 5.41) is 0. The quantitative estimate of drug-likeness (QED) is 0.668. The fraction of sp³-hybridized carbons (Fsp3) is 0.714. The van der Waals surface area contributed by atoms with Crippen molar-refractivity contribution >= 4 is 11.7 Å². The molecule has 0 radical (unpaired) electrons. The number of carbonyl (C=O) groups excluding carboxylic acids is 2. The van der Waals surface area contributed by atoms with E-state index in [4.69, 9.17) is 0 Å². The van der Waals surface area contributed by atoms with Gasteiger partial charge in [-0.2, -0.15) is 0 Å². The van der Waals surface area contributed by atoms with Crippen molar-refractivity contribution in [2.75, 3.05) is 7.05 Å². The Hall–Kier alpha value is -1.12. The average molecular weight is 239 g/mol. The van der Waals surface area contributed by atoms with Crippen LogP contribution in [0.25, 0.3) is 0 Å². The molecule has 98 valence electrons. The van der Waals surface area contributed by atoms with Crippen LogP contribution in [0.15, 0.2) is 12.2 Å². The summed E-state index contributed by atoms with van der Waals surface area (Å²) in [6, 6.07) is -0.307. The van der Waals surface area contributed by atoms with Crippen LogP contribution in [-0.4, -0.2) is 29.7 Å². The van der Waals surface area contributed by atoms with Crippen LogP contribution < -0.4 is 0 Å². The van der Waals surface area contributed by atoms with Gasteiger partial charge in [0.2, 0.25) is 5.91 Å². The van der Waals surface area contributed by atoms with Crippen LogP contribution in [0.2, 0.25) is 0 Å². The van der Waals surface area contributed by atoms with Gasteiger partial charge in [-0.1, -0.05) is 33.8 Å². The molecule has 3 nitrogen and oxygen atoms in total. The number of likely N-dealkylation sites (N-methyl/N-ethyl adjacent to an activating group) is 1. The van der Waals surface area contributed by atoms with E-state index in [1.165, 1.54) is 6.08 Å². The number of hydrogen-bond acceptors (Lipinski definition) is 2. The summed E-state index contributed by atoms with van der Waals surface area (Å²) in [6.07, 6.45) is 3.92. The number of carbonyl (C=O) groups is 2. The summed E-state index contributed by atoms with van der Waals surface area (Å²) >= 11 is 0. The second-order valence-corrected chi connectivity index (χ2v) is 5.15. The molecule has 0 aromatic rings. The molecule has 0 saturated heterocycles. The Labute approximate surface area is 105 Å². The molecule has 0 bridgehead atoms. The first kappa shape index (κ1) is 15.9. The molecule has 0 fully saturated rings. The van der Waals surface area contributed by atoms with Gasteiger partial charge in [0.05, 0.1) is 6.04 Å². The van der Waals surface area contributed by atoms with E-state index in [0.717, 1.165) is 6.42 Å². The Kier molecular flexibility index (Phi) is 6.78. The van der Waals surface area contributed by atoms with Gasteiger partial charge in [0.15, 0.2) is 5.78 Å². The number of rotatable bonds is 6. The van der Waals surface area contributed by atoms with E-state index in [1.807, 2.05) is 13.8 Å². The van der Waals surface area contributed by atoms with Crippen molar-refractivity contribution < 1.29 is 9.59 Å². The van der Waals surface area contributed by atoms with Crippen LogP contribution in [0.1, 0.15) is 41.0 Å². The molecule has 0 N–H and O–H groups in total. The third-order valence-corrected chi connectivity index (χ3v) is 2.72. The van der Waals surface area contributed by atoms with Crippen LogP contribution in [0.3, 0.4) is 0 Å². The van der Waals surface area contributed by atoms with Crippen molar-refractivity contribution in [3.05, 3.63) is 12.2 Å². The third kappa shape index (κ3) is 5.16. The monoisotopic (exact) mass is 239 g/mol. The highest BCUT2D eigenvalue weighted by Crippen LogP contribution is 2.15. The minimum Gasteiger partial charge on any atom is -0.332 e. The van der Waals surface area contributed by atoms with Gasteiger partial charge in [0.1, 0.15) is 0 Å². The maximum Gasteiger partial charge on any atom is 0.246 e. The molecule has 17 heavy (non-hydrogen) atoms. The van der Waals surface area contributed by atoms with Gasteiger partial charge in [0, 0.05) is 13.0 Å². The summed E-state index contributed by atoms with van der Waals surface area (Å²) < 4.78 is 0. The minimum atomic E-state index is -0.307. The fourth-order valence-electron chi connectivity index (χ4n) is 1.71. The molecule has 3 heteroatoms. The van der Waals surface area contributed by atoms with Gasteiger partial charge in [0.25, 0.3) is 0 Å². The predicted molar refractivity (Wildman–Crippen MR) is 70.7 cm³/mol. The smallest absolute Gasteiger partial charge is 0.246 e. The SMILES string of the molecule is C/C=C/C(=O)N(C)[C@H](CC(C)C)C(=O)C(C)C. The second kappa shape index (κ2) is 7.25. The Balaban J connectivity index is 4.91. The fourth-order valence-corrected chi connectivity index (χ4v) is 1.71. The molecule has 1 atom stereocenters. The van der Waals surface area contributed by atoms with Crippen LogP contribution in [0.5, 0.6) is 0 Å². The summed E-state index contributed by atoms with van der Waals surface area (Å²) in [5.74, 6) is 0.384. The molecule has 1 amide bonds. The highest BCUT2D eigenvalue weighted by molar-refractivity contribution is 5.94. The largest absolute Gasteiger partial charge is 0.332 e. The maximum absolute atomic E-state index is 12.1. The molecule has 0 aliphatic carbocycles. The Morgan fingerprint density at radius 2 is 1.71 bits per heavy atom. The topological polar surface area (TPSA) is 37.4 Å². The summed E-state index contributed by atoms with van der Waals surface area (Å²) in [5.41, 5.74) is 0. The molecule has 0 heterocycles. The molecular formula is C14H25NO2. The zero-order valence-electron chi connectivity index (χ0n) is 11.9. The molecule has 0 aromatic heterocycles. The van der Waals surface area contributed by atoms with E-state index in [-0.39, 0.29) is 23.7 Å². The highest BCUT2D eigenvalue weighted by atomic mass is 16.2. The molecule has 0 rings (SSSR count). The van der Waals surface area contributed by atoms with E-state index in [2.05, 4.69) is 13.8 Å². The third-order valence-electron chi connectivity index (χ3n) is 2.72. The first-order valence-corrected chi connectivity index (χ1v) is 6.24. The van der Waals surface area contributed by atoms with Crippen LogP contribution in [-0.2, 0) is 9.59 Å². The molecule has 0 aliphatic heterocycles. The Morgan fingerprint density at radius 1 is 1.18 bits per heavy atom. The Bertz CT molecular complexity index is 293. The van der Waals surface area contributed by atoms with E-state index in [9.17, 15) is 9.59 Å². The number of allylic oxidation sites excluding steroid dienone is 1. The van der Waals surface area contributed by atoms with Crippen LogP contribution in [0, 0.1) is 11.8 Å². The van der Waals surface area contributed by atoms with Crippen molar-refractivity contribution in [1.29, 1.82) is 0 Å². The van der Waals surface area contributed by atoms with Crippen molar-refractivity contribution in [2.24, 2.45) is 11.8 Å². The second-order valence-electron chi connectivity index (χ2n) is 5.15. The van der Waals surface area contributed by atoms with Crippen LogP contribution in [0.4, 0.5) is 0 Å². The molecule has 0 saturated carbocycles. The predicted octanol–water partition coefficient (Wildman–Crippen LogP) is 2.66. The molecule has 0 unspecified atom stereocenters. The van der Waals surface area contributed by atoms with Gasteiger partial charge in [-0.25, -0.2) is 0 Å². The zero-order valence-corrected chi connectivity index (χ0v) is 11.9. The lowest BCUT2D eigenvalue weighted by molar-refractivity contribution is -0.136.